The Morgan fingerprint density at radius 1 is 1.44 bits per heavy atom. The van der Waals surface area contributed by atoms with Crippen molar-refractivity contribution in [2.45, 2.75) is 20.4 Å². The molecule has 0 amide bonds. The van der Waals surface area contributed by atoms with Crippen LogP contribution in [0.3, 0.4) is 0 Å². The van der Waals surface area contributed by atoms with Crippen molar-refractivity contribution in [1.29, 1.82) is 5.26 Å². The first-order valence-electron chi connectivity index (χ1n) is 5.95. The lowest BCUT2D eigenvalue weighted by Crippen LogP contribution is -2.36. The van der Waals surface area contributed by atoms with E-state index >= 15 is 0 Å². The molecule has 0 atom stereocenters. The molecule has 0 unspecified atom stereocenters. The number of benzene rings is 1. The van der Waals surface area contributed by atoms with Gasteiger partial charge < -0.3 is 10.6 Å². The van der Waals surface area contributed by atoms with Crippen molar-refractivity contribution < 1.29 is 4.39 Å². The van der Waals surface area contributed by atoms with Crippen LogP contribution in [0.2, 0.25) is 0 Å². The zero-order valence-electron chi connectivity index (χ0n) is 11.2. The highest BCUT2D eigenvalue weighted by atomic mass is 19.1. The van der Waals surface area contributed by atoms with Crippen molar-refractivity contribution in [1.82, 2.24) is 4.90 Å². The maximum atomic E-state index is 13.6. The van der Waals surface area contributed by atoms with Gasteiger partial charge in [-0.15, -0.1) is 0 Å². The molecule has 0 aromatic heterocycles. The Morgan fingerprint density at radius 2 is 2.11 bits per heavy atom. The summed E-state index contributed by atoms with van der Waals surface area (Å²) >= 11 is 0. The minimum atomic E-state index is -0.272. The molecule has 1 aromatic rings. The lowest BCUT2D eigenvalue weighted by molar-refractivity contribution is 0.208. The second-order valence-corrected chi connectivity index (χ2v) is 5.46. The summed E-state index contributed by atoms with van der Waals surface area (Å²) < 4.78 is 13.6. The molecule has 0 aliphatic heterocycles. The van der Waals surface area contributed by atoms with Crippen LogP contribution in [0, 0.1) is 22.6 Å². The normalized spacial score (nSPS) is 11.6. The van der Waals surface area contributed by atoms with Crippen LogP contribution in [0.15, 0.2) is 18.2 Å². The fourth-order valence-electron chi connectivity index (χ4n) is 1.91. The van der Waals surface area contributed by atoms with Crippen LogP contribution in [0.4, 0.5) is 4.39 Å². The standard InChI is InChI=1S/C14H20FN3/c1-14(2,9-17)10-18(3)8-12-6-11(7-16)4-5-13(12)15/h4-6H,8-10,17H2,1-3H3. The van der Waals surface area contributed by atoms with Crippen LogP contribution < -0.4 is 5.73 Å². The molecular weight excluding hydrogens is 229 g/mol. The van der Waals surface area contributed by atoms with Crippen LogP contribution >= 0.6 is 0 Å². The second-order valence-electron chi connectivity index (χ2n) is 5.46. The van der Waals surface area contributed by atoms with Gasteiger partial charge in [0.1, 0.15) is 5.82 Å². The van der Waals surface area contributed by atoms with Gasteiger partial charge >= 0.3 is 0 Å². The second kappa shape index (κ2) is 5.94. The average molecular weight is 249 g/mol. The van der Waals surface area contributed by atoms with Gasteiger partial charge in [-0.05, 0) is 37.2 Å². The summed E-state index contributed by atoms with van der Waals surface area (Å²) in [5.74, 6) is -0.272. The molecule has 0 spiro atoms. The van der Waals surface area contributed by atoms with Crippen molar-refractivity contribution in [3.8, 4) is 6.07 Å². The van der Waals surface area contributed by atoms with Gasteiger partial charge in [0.15, 0.2) is 0 Å². The molecule has 3 nitrogen and oxygen atoms in total. The van der Waals surface area contributed by atoms with Crippen molar-refractivity contribution in [2.75, 3.05) is 20.1 Å². The van der Waals surface area contributed by atoms with E-state index in [1.165, 1.54) is 12.1 Å². The van der Waals surface area contributed by atoms with E-state index in [0.717, 1.165) is 6.54 Å². The fourth-order valence-corrected chi connectivity index (χ4v) is 1.91. The number of nitrogens with two attached hydrogens (primary N) is 1. The van der Waals surface area contributed by atoms with E-state index in [2.05, 4.69) is 13.8 Å². The first-order chi connectivity index (χ1) is 8.38. The Morgan fingerprint density at radius 3 is 2.67 bits per heavy atom. The van der Waals surface area contributed by atoms with Crippen molar-refractivity contribution in [2.24, 2.45) is 11.1 Å². The molecule has 0 bridgehead atoms. The predicted octanol–water partition coefficient (Wildman–Crippen LogP) is 2.11. The van der Waals surface area contributed by atoms with Gasteiger partial charge in [-0.1, -0.05) is 13.8 Å². The molecule has 18 heavy (non-hydrogen) atoms. The zero-order valence-corrected chi connectivity index (χ0v) is 11.2. The van der Waals surface area contributed by atoms with E-state index in [4.69, 9.17) is 11.0 Å². The topological polar surface area (TPSA) is 53.0 Å². The molecule has 98 valence electrons. The van der Waals surface area contributed by atoms with Crippen molar-refractivity contribution >= 4 is 0 Å². The van der Waals surface area contributed by atoms with Crippen molar-refractivity contribution in [3.63, 3.8) is 0 Å². The Kier molecular flexibility index (Phi) is 4.83. The maximum Gasteiger partial charge on any atom is 0.127 e. The van der Waals surface area contributed by atoms with Gasteiger partial charge in [0, 0.05) is 18.7 Å². The number of halogens is 1. The third kappa shape index (κ3) is 4.10. The maximum absolute atomic E-state index is 13.6. The molecule has 1 rings (SSSR count). The highest BCUT2D eigenvalue weighted by molar-refractivity contribution is 5.33. The van der Waals surface area contributed by atoms with E-state index in [9.17, 15) is 4.39 Å². The third-order valence-corrected chi connectivity index (χ3v) is 2.87. The number of hydrogen-bond acceptors (Lipinski definition) is 3. The highest BCUT2D eigenvalue weighted by Gasteiger charge is 2.18. The minimum absolute atomic E-state index is 0.00192. The Balaban J connectivity index is 2.76. The molecule has 0 fully saturated rings. The molecule has 0 radical (unpaired) electrons. The molecule has 0 aliphatic rings. The lowest BCUT2D eigenvalue weighted by atomic mass is 9.93. The van der Waals surface area contributed by atoms with Crippen molar-refractivity contribution in [3.05, 3.63) is 35.1 Å². The molecular formula is C14H20FN3. The van der Waals surface area contributed by atoms with E-state index < -0.39 is 0 Å². The van der Waals surface area contributed by atoms with Gasteiger partial charge in [-0.3, -0.25) is 0 Å². The van der Waals surface area contributed by atoms with E-state index in [0.29, 0.717) is 24.2 Å². The minimum Gasteiger partial charge on any atom is -0.330 e. The monoisotopic (exact) mass is 249 g/mol. The van der Waals surface area contributed by atoms with E-state index in [-0.39, 0.29) is 11.2 Å². The van der Waals surface area contributed by atoms with E-state index in [1.807, 2.05) is 18.0 Å². The summed E-state index contributed by atoms with van der Waals surface area (Å²) in [6.45, 7) is 5.99. The zero-order chi connectivity index (χ0) is 13.8. The van der Waals surface area contributed by atoms with Gasteiger partial charge in [0.05, 0.1) is 11.6 Å². The van der Waals surface area contributed by atoms with Gasteiger partial charge in [-0.2, -0.15) is 5.26 Å². The Labute approximate surface area is 108 Å². The number of rotatable bonds is 5. The molecule has 0 heterocycles. The highest BCUT2D eigenvalue weighted by Crippen LogP contribution is 2.17. The lowest BCUT2D eigenvalue weighted by Gasteiger charge is -2.29. The molecule has 1 aromatic carbocycles. The molecule has 4 heteroatoms. The van der Waals surface area contributed by atoms with Gasteiger partial charge in [0.25, 0.3) is 0 Å². The van der Waals surface area contributed by atoms with E-state index in [1.54, 1.807) is 6.07 Å². The first-order valence-corrected chi connectivity index (χ1v) is 5.95. The van der Waals surface area contributed by atoms with Gasteiger partial charge in [-0.25, -0.2) is 4.39 Å². The van der Waals surface area contributed by atoms with Crippen LogP contribution in [-0.4, -0.2) is 25.0 Å². The number of hydrogen-bond donors (Lipinski definition) is 1. The summed E-state index contributed by atoms with van der Waals surface area (Å²) in [6, 6.07) is 6.45. The Hall–Kier alpha value is -1.44. The average Bonchev–Trinajstić information content (AvgIpc) is 2.31. The van der Waals surface area contributed by atoms with Crippen LogP contribution in [0.1, 0.15) is 25.0 Å². The number of nitrogens with zero attached hydrogens (tertiary/aromatic N) is 2. The Bertz CT molecular complexity index is 449. The molecule has 2 N–H and O–H groups in total. The summed E-state index contributed by atoms with van der Waals surface area (Å²) in [4.78, 5) is 2.02. The first kappa shape index (κ1) is 14.6. The molecule has 0 saturated heterocycles. The summed E-state index contributed by atoms with van der Waals surface area (Å²) in [7, 11) is 1.93. The summed E-state index contributed by atoms with van der Waals surface area (Å²) in [6.07, 6.45) is 0. The van der Waals surface area contributed by atoms with Crippen LogP contribution in [0.5, 0.6) is 0 Å². The third-order valence-electron chi connectivity index (χ3n) is 2.87. The SMILES string of the molecule is CN(Cc1cc(C#N)ccc1F)CC(C)(C)CN. The summed E-state index contributed by atoms with van der Waals surface area (Å²) in [5, 5.41) is 8.81. The van der Waals surface area contributed by atoms with Crippen LogP contribution in [0.25, 0.3) is 0 Å². The number of nitriles is 1. The molecule has 0 aliphatic carbocycles. The largest absolute Gasteiger partial charge is 0.330 e. The quantitative estimate of drug-likeness (QED) is 0.869. The smallest absolute Gasteiger partial charge is 0.127 e. The fraction of sp³-hybridized carbons (Fsp3) is 0.500. The summed E-state index contributed by atoms with van der Waals surface area (Å²) in [5.41, 5.74) is 6.71. The molecule has 0 saturated carbocycles. The van der Waals surface area contributed by atoms with Crippen LogP contribution in [-0.2, 0) is 6.54 Å². The van der Waals surface area contributed by atoms with Gasteiger partial charge in [0.2, 0.25) is 0 Å². The predicted molar refractivity (Wildman–Crippen MR) is 70.3 cm³/mol.